The minimum atomic E-state index is -0.401. The van der Waals surface area contributed by atoms with E-state index in [4.69, 9.17) is 14.6 Å². The summed E-state index contributed by atoms with van der Waals surface area (Å²) < 4.78 is 22.3. The van der Waals surface area contributed by atoms with Crippen LogP contribution in [-0.2, 0) is 6.61 Å². The highest BCUT2D eigenvalue weighted by Gasteiger charge is 2.05. The Balaban J connectivity index is 2.72. The molecule has 0 spiro atoms. The average Bonchev–Trinajstić information content (AvgIpc) is 2.29. The minimum Gasteiger partial charge on any atom is -0.493 e. The molecule has 0 aromatic heterocycles. The number of aliphatic hydroxyl groups excluding tert-OH is 1. The van der Waals surface area contributed by atoms with E-state index in [9.17, 15) is 4.39 Å². The molecule has 0 atom stereocenters. The van der Waals surface area contributed by atoms with Crippen LogP contribution in [0.3, 0.4) is 0 Å². The Hall–Kier alpha value is -1.29. The van der Waals surface area contributed by atoms with Crippen LogP contribution in [-0.4, -0.2) is 25.5 Å². The van der Waals surface area contributed by atoms with Crippen LogP contribution in [0.5, 0.6) is 11.5 Å². The Bertz CT molecular complexity index is 302. The molecular weight excluding hydrogens is 199 g/mol. The quantitative estimate of drug-likeness (QED) is 0.735. The largest absolute Gasteiger partial charge is 0.493 e. The molecule has 1 N–H and O–H groups in total. The highest BCUT2D eigenvalue weighted by atomic mass is 19.1. The van der Waals surface area contributed by atoms with Gasteiger partial charge in [0.25, 0.3) is 0 Å². The summed E-state index contributed by atoms with van der Waals surface area (Å²) in [5.74, 6) is 1.13. The standard InChI is InChI=1S/C11H15FO3/c1-14-10-4-3-9(8-13)7-11(10)15-6-2-5-12/h3-4,7,13H,2,5-6,8H2,1H3. The van der Waals surface area contributed by atoms with Crippen LogP contribution in [0.15, 0.2) is 18.2 Å². The van der Waals surface area contributed by atoms with Crippen molar-refractivity contribution in [2.45, 2.75) is 13.0 Å². The molecule has 1 aromatic rings. The molecule has 0 aliphatic heterocycles. The van der Waals surface area contributed by atoms with Crippen molar-refractivity contribution in [1.82, 2.24) is 0 Å². The first-order chi connectivity index (χ1) is 7.31. The predicted molar refractivity (Wildman–Crippen MR) is 55.0 cm³/mol. The number of hydrogen-bond acceptors (Lipinski definition) is 3. The van der Waals surface area contributed by atoms with Gasteiger partial charge in [0, 0.05) is 6.42 Å². The highest BCUT2D eigenvalue weighted by molar-refractivity contribution is 5.42. The van der Waals surface area contributed by atoms with Crippen molar-refractivity contribution in [2.75, 3.05) is 20.4 Å². The van der Waals surface area contributed by atoms with Gasteiger partial charge in [0.15, 0.2) is 11.5 Å². The van der Waals surface area contributed by atoms with Gasteiger partial charge in [0.2, 0.25) is 0 Å². The number of hydrogen-bond donors (Lipinski definition) is 1. The Morgan fingerprint density at radius 3 is 2.73 bits per heavy atom. The van der Waals surface area contributed by atoms with Crippen molar-refractivity contribution in [3.63, 3.8) is 0 Å². The number of ether oxygens (including phenoxy) is 2. The molecule has 0 saturated heterocycles. The monoisotopic (exact) mass is 214 g/mol. The summed E-state index contributed by atoms with van der Waals surface area (Å²) in [5, 5.41) is 8.94. The van der Waals surface area contributed by atoms with Gasteiger partial charge >= 0.3 is 0 Å². The smallest absolute Gasteiger partial charge is 0.161 e. The fraction of sp³-hybridized carbons (Fsp3) is 0.455. The molecule has 1 rings (SSSR count). The van der Waals surface area contributed by atoms with Gasteiger partial charge < -0.3 is 14.6 Å². The highest BCUT2D eigenvalue weighted by Crippen LogP contribution is 2.28. The van der Waals surface area contributed by atoms with E-state index >= 15 is 0 Å². The lowest BCUT2D eigenvalue weighted by Gasteiger charge is -2.10. The molecular formula is C11H15FO3. The zero-order valence-corrected chi connectivity index (χ0v) is 8.70. The number of benzene rings is 1. The lowest BCUT2D eigenvalue weighted by atomic mass is 10.2. The van der Waals surface area contributed by atoms with E-state index in [1.165, 1.54) is 7.11 Å². The predicted octanol–water partition coefficient (Wildman–Crippen LogP) is 1.93. The van der Waals surface area contributed by atoms with Crippen LogP contribution in [0.2, 0.25) is 0 Å². The summed E-state index contributed by atoms with van der Waals surface area (Å²) >= 11 is 0. The van der Waals surface area contributed by atoms with Gasteiger partial charge in [-0.1, -0.05) is 6.07 Å². The molecule has 0 aliphatic carbocycles. The van der Waals surface area contributed by atoms with Crippen LogP contribution >= 0.6 is 0 Å². The van der Waals surface area contributed by atoms with E-state index in [0.717, 1.165) is 5.56 Å². The van der Waals surface area contributed by atoms with Crippen LogP contribution in [0.1, 0.15) is 12.0 Å². The molecule has 15 heavy (non-hydrogen) atoms. The fourth-order valence-electron chi connectivity index (χ4n) is 1.17. The number of rotatable bonds is 6. The number of alkyl halides is 1. The summed E-state index contributed by atoms with van der Waals surface area (Å²) in [7, 11) is 1.54. The first-order valence-electron chi connectivity index (χ1n) is 4.78. The Morgan fingerprint density at radius 2 is 2.13 bits per heavy atom. The third-order valence-electron chi connectivity index (χ3n) is 1.95. The van der Waals surface area contributed by atoms with Gasteiger partial charge in [0.1, 0.15) is 0 Å². The maximum Gasteiger partial charge on any atom is 0.161 e. The van der Waals surface area contributed by atoms with E-state index in [1.807, 2.05) is 0 Å². The Kier molecular flexibility index (Phi) is 4.90. The Labute approximate surface area is 88.4 Å². The molecule has 0 saturated carbocycles. The van der Waals surface area contributed by atoms with E-state index in [2.05, 4.69) is 0 Å². The molecule has 0 amide bonds. The van der Waals surface area contributed by atoms with E-state index in [0.29, 0.717) is 24.5 Å². The Morgan fingerprint density at radius 1 is 1.33 bits per heavy atom. The molecule has 0 fully saturated rings. The summed E-state index contributed by atoms with van der Waals surface area (Å²) in [6.45, 7) is -0.146. The van der Waals surface area contributed by atoms with Crippen molar-refractivity contribution < 1.29 is 19.0 Å². The lowest BCUT2D eigenvalue weighted by molar-refractivity contribution is 0.266. The fourth-order valence-corrected chi connectivity index (χ4v) is 1.17. The van der Waals surface area contributed by atoms with Gasteiger partial charge in [-0.05, 0) is 17.7 Å². The summed E-state index contributed by atoms with van der Waals surface area (Å²) in [5.41, 5.74) is 0.742. The number of halogens is 1. The van der Waals surface area contributed by atoms with Gasteiger partial charge in [-0.3, -0.25) is 4.39 Å². The SMILES string of the molecule is COc1ccc(CO)cc1OCCCF. The molecule has 3 nitrogen and oxygen atoms in total. The molecule has 0 bridgehead atoms. The summed E-state index contributed by atoms with van der Waals surface area (Å²) in [6.07, 6.45) is 0.354. The van der Waals surface area contributed by atoms with Crippen molar-refractivity contribution in [3.8, 4) is 11.5 Å². The topological polar surface area (TPSA) is 38.7 Å². The van der Waals surface area contributed by atoms with Crippen LogP contribution in [0.25, 0.3) is 0 Å². The average molecular weight is 214 g/mol. The zero-order chi connectivity index (χ0) is 11.1. The third-order valence-corrected chi connectivity index (χ3v) is 1.95. The molecule has 0 radical (unpaired) electrons. The van der Waals surface area contributed by atoms with E-state index in [-0.39, 0.29) is 6.61 Å². The number of methoxy groups -OCH3 is 1. The van der Waals surface area contributed by atoms with Crippen molar-refractivity contribution >= 4 is 0 Å². The molecule has 0 aliphatic rings. The lowest BCUT2D eigenvalue weighted by Crippen LogP contribution is -2.00. The zero-order valence-electron chi connectivity index (χ0n) is 8.70. The second-order valence-corrected chi connectivity index (χ2v) is 3.03. The van der Waals surface area contributed by atoms with Crippen LogP contribution in [0, 0.1) is 0 Å². The van der Waals surface area contributed by atoms with E-state index < -0.39 is 6.67 Å². The second kappa shape index (κ2) is 6.24. The molecule has 0 unspecified atom stereocenters. The van der Waals surface area contributed by atoms with Crippen molar-refractivity contribution in [1.29, 1.82) is 0 Å². The van der Waals surface area contributed by atoms with Gasteiger partial charge in [-0.15, -0.1) is 0 Å². The second-order valence-electron chi connectivity index (χ2n) is 3.03. The summed E-state index contributed by atoms with van der Waals surface area (Å²) in [4.78, 5) is 0. The molecule has 1 aromatic carbocycles. The summed E-state index contributed by atoms with van der Waals surface area (Å²) in [6, 6.07) is 5.16. The molecule has 0 heterocycles. The minimum absolute atomic E-state index is 0.0521. The van der Waals surface area contributed by atoms with Crippen molar-refractivity contribution in [3.05, 3.63) is 23.8 Å². The first kappa shape index (κ1) is 11.8. The van der Waals surface area contributed by atoms with Gasteiger partial charge in [0.05, 0.1) is 27.0 Å². The first-order valence-corrected chi connectivity index (χ1v) is 4.78. The number of aliphatic hydroxyl groups is 1. The molecule has 84 valence electrons. The maximum atomic E-state index is 11.9. The molecule has 4 heteroatoms. The van der Waals surface area contributed by atoms with Crippen LogP contribution in [0.4, 0.5) is 4.39 Å². The normalized spacial score (nSPS) is 10.1. The van der Waals surface area contributed by atoms with E-state index in [1.54, 1.807) is 18.2 Å². The maximum absolute atomic E-state index is 11.9. The van der Waals surface area contributed by atoms with Crippen LogP contribution < -0.4 is 9.47 Å². The van der Waals surface area contributed by atoms with Gasteiger partial charge in [-0.2, -0.15) is 0 Å². The van der Waals surface area contributed by atoms with Gasteiger partial charge in [-0.25, -0.2) is 0 Å². The van der Waals surface area contributed by atoms with Crippen molar-refractivity contribution in [2.24, 2.45) is 0 Å². The third kappa shape index (κ3) is 3.40.